The van der Waals surface area contributed by atoms with Crippen molar-refractivity contribution in [2.75, 3.05) is 30.9 Å². The Bertz CT molecular complexity index is 925. The molecule has 0 unspecified atom stereocenters. The van der Waals surface area contributed by atoms with Crippen LogP contribution in [0.2, 0.25) is 0 Å². The number of anilines is 3. The third kappa shape index (κ3) is 3.73. The normalized spacial score (nSPS) is 18.8. The van der Waals surface area contributed by atoms with E-state index in [0.29, 0.717) is 24.7 Å². The van der Waals surface area contributed by atoms with Crippen LogP contribution in [-0.2, 0) is 23.8 Å². The molecule has 156 valence electrons. The molecule has 0 bridgehead atoms. The highest BCUT2D eigenvalue weighted by molar-refractivity contribution is 5.85. The second kappa shape index (κ2) is 7.20. The van der Waals surface area contributed by atoms with Gasteiger partial charge in [0, 0.05) is 32.3 Å². The fraction of sp³-hybridized carbons (Fsp3) is 0.556. The monoisotopic (exact) mass is 409 g/mol. The SMILES string of the molecule is CN(C)C(=O)[C@H]1CCCN1c1nc2c(c(Nc3cc(C(F)(F)F)[nH]n3)n1)CCC2. The van der Waals surface area contributed by atoms with E-state index in [-0.39, 0.29) is 17.8 Å². The number of halogens is 3. The van der Waals surface area contributed by atoms with Gasteiger partial charge in [0.05, 0.1) is 5.69 Å². The van der Waals surface area contributed by atoms with Crippen LogP contribution in [0, 0.1) is 0 Å². The Morgan fingerprint density at radius 3 is 2.76 bits per heavy atom. The van der Waals surface area contributed by atoms with E-state index in [0.717, 1.165) is 43.0 Å². The minimum Gasteiger partial charge on any atom is -0.347 e. The van der Waals surface area contributed by atoms with E-state index in [1.54, 1.807) is 19.0 Å². The minimum absolute atomic E-state index is 0.0109. The van der Waals surface area contributed by atoms with Crippen molar-refractivity contribution in [2.24, 2.45) is 0 Å². The number of aromatic amines is 1. The molecule has 1 saturated heterocycles. The van der Waals surface area contributed by atoms with E-state index in [1.165, 1.54) is 0 Å². The van der Waals surface area contributed by atoms with E-state index in [9.17, 15) is 18.0 Å². The average Bonchev–Trinajstić information content (AvgIpc) is 3.39. The highest BCUT2D eigenvalue weighted by Crippen LogP contribution is 2.34. The van der Waals surface area contributed by atoms with E-state index < -0.39 is 11.9 Å². The molecular formula is C18H22F3N7O. The lowest BCUT2D eigenvalue weighted by atomic mass is 10.2. The van der Waals surface area contributed by atoms with Crippen molar-refractivity contribution in [1.29, 1.82) is 0 Å². The number of likely N-dealkylation sites (N-methyl/N-ethyl adjacent to an activating group) is 1. The van der Waals surface area contributed by atoms with E-state index in [4.69, 9.17) is 0 Å². The van der Waals surface area contributed by atoms with Crippen LogP contribution >= 0.6 is 0 Å². The first kappa shape index (κ1) is 19.5. The smallest absolute Gasteiger partial charge is 0.347 e. The van der Waals surface area contributed by atoms with Crippen LogP contribution in [0.4, 0.5) is 30.8 Å². The number of H-pyrrole nitrogens is 1. The van der Waals surface area contributed by atoms with Crippen molar-refractivity contribution < 1.29 is 18.0 Å². The fourth-order valence-electron chi connectivity index (χ4n) is 3.86. The lowest BCUT2D eigenvalue weighted by Gasteiger charge is -2.27. The van der Waals surface area contributed by atoms with Gasteiger partial charge in [-0.25, -0.2) is 4.98 Å². The maximum atomic E-state index is 12.8. The number of carbonyl (C=O) groups is 1. The predicted molar refractivity (Wildman–Crippen MR) is 100.0 cm³/mol. The second-order valence-electron chi connectivity index (χ2n) is 7.52. The first-order valence-electron chi connectivity index (χ1n) is 9.51. The lowest BCUT2D eigenvalue weighted by molar-refractivity contribution is -0.141. The van der Waals surface area contributed by atoms with Crippen LogP contribution in [0.25, 0.3) is 0 Å². The summed E-state index contributed by atoms with van der Waals surface area (Å²) >= 11 is 0. The van der Waals surface area contributed by atoms with Crippen LogP contribution in [-0.4, -0.2) is 57.7 Å². The molecule has 11 heteroatoms. The molecule has 2 N–H and O–H groups in total. The third-order valence-electron chi connectivity index (χ3n) is 5.29. The Hall–Kier alpha value is -2.85. The first-order valence-corrected chi connectivity index (χ1v) is 9.51. The minimum atomic E-state index is -4.50. The van der Waals surface area contributed by atoms with E-state index in [2.05, 4.69) is 20.4 Å². The number of hydrogen-bond donors (Lipinski definition) is 2. The zero-order valence-corrected chi connectivity index (χ0v) is 16.2. The summed E-state index contributed by atoms with van der Waals surface area (Å²) in [5, 5.41) is 8.61. The first-order chi connectivity index (χ1) is 13.7. The molecule has 2 aromatic heterocycles. The van der Waals surface area contributed by atoms with Crippen LogP contribution in [0.5, 0.6) is 0 Å². The molecule has 1 atom stereocenters. The Kier molecular flexibility index (Phi) is 4.83. The number of amides is 1. The number of rotatable bonds is 4. The van der Waals surface area contributed by atoms with Crippen molar-refractivity contribution in [3.05, 3.63) is 23.0 Å². The van der Waals surface area contributed by atoms with Gasteiger partial charge < -0.3 is 15.1 Å². The zero-order chi connectivity index (χ0) is 20.8. The van der Waals surface area contributed by atoms with Gasteiger partial charge in [0.15, 0.2) is 5.82 Å². The lowest BCUT2D eigenvalue weighted by Crippen LogP contribution is -2.43. The number of alkyl halides is 3. The van der Waals surface area contributed by atoms with Crippen molar-refractivity contribution in [3.8, 4) is 0 Å². The number of aromatic nitrogens is 4. The van der Waals surface area contributed by atoms with Crippen LogP contribution < -0.4 is 10.2 Å². The van der Waals surface area contributed by atoms with Crippen LogP contribution in [0.3, 0.4) is 0 Å². The summed E-state index contributed by atoms with van der Waals surface area (Å²) in [5.41, 5.74) is 0.828. The summed E-state index contributed by atoms with van der Waals surface area (Å²) in [6.07, 6.45) is -0.517. The molecule has 0 saturated carbocycles. The molecule has 0 spiro atoms. The molecule has 0 aromatic carbocycles. The van der Waals surface area contributed by atoms with Crippen molar-refractivity contribution in [3.63, 3.8) is 0 Å². The standard InChI is InChI=1S/C18H22F3N7O/c1-27(2)16(29)12-7-4-8-28(12)17-22-11-6-3-5-10(11)15(24-17)23-14-9-13(25-26-14)18(19,20)21/h9,12H,3-8H2,1-2H3,(H2,22,23,24,25,26)/t12-/m1/s1. The molecule has 8 nitrogen and oxygen atoms in total. The molecule has 29 heavy (non-hydrogen) atoms. The molecule has 1 aliphatic carbocycles. The van der Waals surface area contributed by atoms with Crippen LogP contribution in [0.1, 0.15) is 36.2 Å². The number of nitrogens with one attached hydrogen (secondary N) is 2. The fourth-order valence-corrected chi connectivity index (χ4v) is 3.86. The molecule has 2 aromatic rings. The number of hydrogen-bond acceptors (Lipinski definition) is 6. The Balaban J connectivity index is 1.66. The molecule has 1 amide bonds. The number of aryl methyl sites for hydroxylation is 1. The molecular weight excluding hydrogens is 387 g/mol. The predicted octanol–water partition coefficient (Wildman–Crippen LogP) is 2.51. The second-order valence-corrected chi connectivity index (χ2v) is 7.52. The third-order valence-corrected chi connectivity index (χ3v) is 5.29. The molecule has 1 fully saturated rings. The van der Waals surface area contributed by atoms with Gasteiger partial charge in [-0.05, 0) is 32.1 Å². The Morgan fingerprint density at radius 1 is 1.28 bits per heavy atom. The average molecular weight is 409 g/mol. The summed E-state index contributed by atoms with van der Waals surface area (Å²) in [4.78, 5) is 25.2. The van der Waals surface area contributed by atoms with Crippen LogP contribution in [0.15, 0.2) is 6.07 Å². The summed E-state index contributed by atoms with van der Waals surface area (Å²) in [6, 6.07) is 0.580. The summed E-state index contributed by atoms with van der Waals surface area (Å²) < 4.78 is 38.5. The van der Waals surface area contributed by atoms with E-state index >= 15 is 0 Å². The van der Waals surface area contributed by atoms with Crippen molar-refractivity contribution in [2.45, 2.75) is 44.3 Å². The summed E-state index contributed by atoms with van der Waals surface area (Å²) in [6.45, 7) is 0.656. The van der Waals surface area contributed by atoms with Gasteiger partial charge in [-0.1, -0.05) is 0 Å². The molecule has 2 aliphatic rings. The topological polar surface area (TPSA) is 90.0 Å². The van der Waals surface area contributed by atoms with Gasteiger partial charge in [-0.2, -0.15) is 23.3 Å². The largest absolute Gasteiger partial charge is 0.432 e. The maximum absolute atomic E-state index is 12.8. The number of carbonyl (C=O) groups excluding carboxylic acids is 1. The molecule has 0 radical (unpaired) electrons. The molecule has 1 aliphatic heterocycles. The number of nitrogens with zero attached hydrogens (tertiary/aromatic N) is 5. The van der Waals surface area contributed by atoms with Gasteiger partial charge in [0.1, 0.15) is 17.6 Å². The quantitative estimate of drug-likeness (QED) is 0.807. The van der Waals surface area contributed by atoms with Crippen molar-refractivity contribution in [1.82, 2.24) is 25.1 Å². The van der Waals surface area contributed by atoms with Gasteiger partial charge in [-0.3, -0.25) is 9.89 Å². The van der Waals surface area contributed by atoms with E-state index in [1.807, 2.05) is 10.00 Å². The zero-order valence-electron chi connectivity index (χ0n) is 16.2. The molecule has 4 rings (SSSR count). The highest BCUT2D eigenvalue weighted by Gasteiger charge is 2.35. The van der Waals surface area contributed by atoms with Gasteiger partial charge in [0.2, 0.25) is 11.9 Å². The van der Waals surface area contributed by atoms with Gasteiger partial charge in [-0.15, -0.1) is 0 Å². The summed E-state index contributed by atoms with van der Waals surface area (Å²) in [5.74, 6) is 0.907. The van der Waals surface area contributed by atoms with Gasteiger partial charge >= 0.3 is 6.18 Å². The molecule has 3 heterocycles. The Labute approximate surface area is 165 Å². The summed E-state index contributed by atoms with van der Waals surface area (Å²) in [7, 11) is 3.43. The van der Waals surface area contributed by atoms with Gasteiger partial charge in [0.25, 0.3) is 0 Å². The Morgan fingerprint density at radius 2 is 2.07 bits per heavy atom. The highest BCUT2D eigenvalue weighted by atomic mass is 19.4. The van der Waals surface area contributed by atoms with Crippen molar-refractivity contribution >= 4 is 23.5 Å². The number of fused-ring (bicyclic) bond motifs is 1. The maximum Gasteiger partial charge on any atom is 0.432 e.